The molecule has 0 amide bonds. The van der Waals surface area contributed by atoms with Crippen LogP contribution in [-0.4, -0.2) is 6.61 Å². The van der Waals surface area contributed by atoms with Gasteiger partial charge in [0.05, 0.1) is 12.9 Å². The Hall–Kier alpha value is -1.70. The number of hydrogen-bond donors (Lipinski definition) is 0. The molecule has 0 aliphatic carbocycles. The first-order valence-corrected chi connectivity index (χ1v) is 5.07. The summed E-state index contributed by atoms with van der Waals surface area (Å²) in [6, 6.07) is 12.2. The van der Waals surface area contributed by atoms with Crippen molar-refractivity contribution >= 4 is 0 Å². The molecule has 78 valence electrons. The van der Waals surface area contributed by atoms with Gasteiger partial charge in [0.2, 0.25) is 0 Å². The molecule has 0 saturated carbocycles. The maximum Gasteiger partial charge on any atom is 0.287 e. The summed E-state index contributed by atoms with van der Waals surface area (Å²) in [5.74, 6) is 0.630. The first-order valence-electron chi connectivity index (χ1n) is 5.07. The first-order chi connectivity index (χ1) is 7.36. The molecular formula is C13H14O2. The maximum absolute atomic E-state index is 5.51. The topological polar surface area (TPSA) is 22.4 Å². The van der Waals surface area contributed by atoms with Crippen LogP contribution in [0.1, 0.15) is 11.1 Å². The van der Waals surface area contributed by atoms with Crippen molar-refractivity contribution in [1.82, 2.24) is 0 Å². The highest BCUT2D eigenvalue weighted by Gasteiger charge is 2.01. The molecule has 0 bridgehead atoms. The maximum atomic E-state index is 5.51. The average Bonchev–Trinajstić information content (AvgIpc) is 2.66. The van der Waals surface area contributed by atoms with Crippen LogP contribution in [0.4, 0.5) is 0 Å². The van der Waals surface area contributed by atoms with Crippen LogP contribution in [0.25, 0.3) is 0 Å². The fourth-order valence-electron chi connectivity index (χ4n) is 1.41. The van der Waals surface area contributed by atoms with Crippen LogP contribution in [0.15, 0.2) is 47.1 Å². The predicted octanol–water partition coefficient (Wildman–Crippen LogP) is 3.21. The van der Waals surface area contributed by atoms with E-state index in [1.165, 1.54) is 5.56 Å². The molecule has 0 spiro atoms. The Bertz CT molecular complexity index is 403. The van der Waals surface area contributed by atoms with Gasteiger partial charge in [0.15, 0.2) is 0 Å². The lowest BCUT2D eigenvalue weighted by molar-refractivity contribution is 0.244. The van der Waals surface area contributed by atoms with Crippen LogP contribution in [0.5, 0.6) is 5.95 Å². The Balaban J connectivity index is 1.83. The number of benzene rings is 1. The Morgan fingerprint density at radius 1 is 1.13 bits per heavy atom. The second-order valence-corrected chi connectivity index (χ2v) is 3.48. The van der Waals surface area contributed by atoms with Gasteiger partial charge in [-0.15, -0.1) is 0 Å². The van der Waals surface area contributed by atoms with Gasteiger partial charge in [-0.2, -0.15) is 0 Å². The van der Waals surface area contributed by atoms with Gasteiger partial charge in [0.25, 0.3) is 5.95 Å². The first kappa shape index (κ1) is 9.84. The number of ether oxygens (including phenoxy) is 1. The second-order valence-electron chi connectivity index (χ2n) is 3.48. The van der Waals surface area contributed by atoms with Crippen molar-refractivity contribution < 1.29 is 9.15 Å². The Labute approximate surface area is 89.5 Å². The summed E-state index contributed by atoms with van der Waals surface area (Å²) in [6.45, 7) is 2.62. The molecule has 2 rings (SSSR count). The number of aryl methyl sites for hydroxylation is 1. The van der Waals surface area contributed by atoms with E-state index in [2.05, 4.69) is 12.1 Å². The zero-order valence-electron chi connectivity index (χ0n) is 8.77. The van der Waals surface area contributed by atoms with E-state index in [0.29, 0.717) is 12.6 Å². The largest absolute Gasteiger partial charge is 0.465 e. The molecule has 0 radical (unpaired) electrons. The van der Waals surface area contributed by atoms with Crippen molar-refractivity contribution in [3.63, 3.8) is 0 Å². The Morgan fingerprint density at radius 2 is 1.93 bits per heavy atom. The lowest BCUT2D eigenvalue weighted by atomic mass is 10.2. The van der Waals surface area contributed by atoms with E-state index in [4.69, 9.17) is 9.15 Å². The van der Waals surface area contributed by atoms with Crippen molar-refractivity contribution in [2.24, 2.45) is 0 Å². The third-order valence-electron chi connectivity index (χ3n) is 2.28. The summed E-state index contributed by atoms with van der Waals surface area (Å²) in [7, 11) is 0. The minimum atomic E-state index is 0.630. The molecule has 1 heterocycles. The van der Waals surface area contributed by atoms with Gasteiger partial charge in [-0.1, -0.05) is 30.3 Å². The molecule has 0 aliphatic rings. The molecule has 0 aliphatic heterocycles. The number of rotatable bonds is 4. The Kier molecular flexibility index (Phi) is 3.08. The van der Waals surface area contributed by atoms with Crippen molar-refractivity contribution in [1.29, 1.82) is 0 Å². The highest BCUT2D eigenvalue weighted by Crippen LogP contribution is 2.18. The van der Waals surface area contributed by atoms with Gasteiger partial charge < -0.3 is 9.15 Å². The van der Waals surface area contributed by atoms with Gasteiger partial charge in [-0.3, -0.25) is 0 Å². The second kappa shape index (κ2) is 4.69. The summed E-state index contributed by atoms with van der Waals surface area (Å²) in [5, 5.41) is 0. The Morgan fingerprint density at radius 3 is 2.60 bits per heavy atom. The SMILES string of the molecule is Cc1ccoc1OCCc1ccccc1. The van der Waals surface area contributed by atoms with Crippen LogP contribution in [0.3, 0.4) is 0 Å². The van der Waals surface area contributed by atoms with Crippen molar-refractivity contribution in [2.45, 2.75) is 13.3 Å². The summed E-state index contributed by atoms with van der Waals surface area (Å²) in [5.41, 5.74) is 2.32. The van der Waals surface area contributed by atoms with Crippen molar-refractivity contribution in [3.8, 4) is 5.95 Å². The molecule has 1 aromatic heterocycles. The summed E-state index contributed by atoms with van der Waals surface area (Å²) < 4.78 is 10.7. The van der Waals surface area contributed by atoms with Crippen LogP contribution in [0, 0.1) is 6.92 Å². The zero-order valence-corrected chi connectivity index (χ0v) is 8.77. The number of furan rings is 1. The summed E-state index contributed by atoms with van der Waals surface area (Å²) in [6.07, 6.45) is 2.55. The van der Waals surface area contributed by atoms with E-state index in [0.717, 1.165) is 12.0 Å². The van der Waals surface area contributed by atoms with E-state index < -0.39 is 0 Å². The molecule has 2 aromatic rings. The minimum Gasteiger partial charge on any atom is -0.465 e. The standard InChI is InChI=1S/C13H14O2/c1-11-7-9-14-13(11)15-10-8-12-5-3-2-4-6-12/h2-7,9H,8,10H2,1H3. The van der Waals surface area contributed by atoms with Gasteiger partial charge in [0.1, 0.15) is 0 Å². The summed E-state index contributed by atoms with van der Waals surface area (Å²) in [4.78, 5) is 0. The molecular weight excluding hydrogens is 188 g/mol. The fraction of sp³-hybridized carbons (Fsp3) is 0.231. The normalized spacial score (nSPS) is 10.2. The van der Waals surface area contributed by atoms with Gasteiger partial charge >= 0.3 is 0 Å². The molecule has 0 fully saturated rings. The van der Waals surface area contributed by atoms with Crippen LogP contribution < -0.4 is 4.74 Å². The van der Waals surface area contributed by atoms with Crippen LogP contribution >= 0.6 is 0 Å². The van der Waals surface area contributed by atoms with Crippen LogP contribution in [-0.2, 0) is 6.42 Å². The van der Waals surface area contributed by atoms with E-state index >= 15 is 0 Å². The minimum absolute atomic E-state index is 0.630. The molecule has 1 aromatic carbocycles. The van der Waals surface area contributed by atoms with E-state index in [1.807, 2.05) is 31.2 Å². The molecule has 15 heavy (non-hydrogen) atoms. The van der Waals surface area contributed by atoms with Crippen LogP contribution in [0.2, 0.25) is 0 Å². The quantitative estimate of drug-likeness (QED) is 0.759. The molecule has 0 N–H and O–H groups in total. The van der Waals surface area contributed by atoms with Crippen molar-refractivity contribution in [2.75, 3.05) is 6.61 Å². The third kappa shape index (κ3) is 2.62. The van der Waals surface area contributed by atoms with Gasteiger partial charge in [-0.25, -0.2) is 0 Å². The van der Waals surface area contributed by atoms with E-state index in [1.54, 1.807) is 6.26 Å². The lowest BCUT2D eigenvalue weighted by Gasteiger charge is -2.03. The fourth-order valence-corrected chi connectivity index (χ4v) is 1.41. The molecule has 2 nitrogen and oxygen atoms in total. The summed E-state index contributed by atoms with van der Waals surface area (Å²) >= 11 is 0. The smallest absolute Gasteiger partial charge is 0.287 e. The highest BCUT2D eigenvalue weighted by molar-refractivity contribution is 5.20. The van der Waals surface area contributed by atoms with Crippen molar-refractivity contribution in [3.05, 3.63) is 53.8 Å². The van der Waals surface area contributed by atoms with E-state index in [9.17, 15) is 0 Å². The highest BCUT2D eigenvalue weighted by atomic mass is 16.6. The number of hydrogen-bond acceptors (Lipinski definition) is 2. The van der Waals surface area contributed by atoms with Gasteiger partial charge in [0, 0.05) is 12.0 Å². The predicted molar refractivity (Wildman–Crippen MR) is 59.1 cm³/mol. The molecule has 0 atom stereocenters. The lowest BCUT2D eigenvalue weighted by Crippen LogP contribution is -2.01. The molecule has 2 heteroatoms. The van der Waals surface area contributed by atoms with Gasteiger partial charge in [-0.05, 0) is 18.6 Å². The third-order valence-corrected chi connectivity index (χ3v) is 2.28. The monoisotopic (exact) mass is 202 g/mol. The zero-order chi connectivity index (χ0) is 10.5. The molecule has 0 unspecified atom stereocenters. The average molecular weight is 202 g/mol. The molecule has 0 saturated heterocycles. The van der Waals surface area contributed by atoms with E-state index in [-0.39, 0.29) is 0 Å².